The smallest absolute Gasteiger partial charge is 0.230 e. The van der Waals surface area contributed by atoms with Crippen LogP contribution in [-0.2, 0) is 4.79 Å². The molecule has 2 rings (SSSR count). The van der Waals surface area contributed by atoms with Gasteiger partial charge in [0.1, 0.15) is 0 Å². The number of carbonyl (C=O) groups is 1. The fraction of sp³-hybridized carbons (Fsp3) is 0.611. The fourth-order valence-corrected chi connectivity index (χ4v) is 3.51. The Hall–Kier alpha value is -1.35. The maximum Gasteiger partial charge on any atom is 0.230 e. The van der Waals surface area contributed by atoms with E-state index < -0.39 is 0 Å². The van der Waals surface area contributed by atoms with Crippen molar-refractivity contribution in [1.29, 1.82) is 0 Å². The van der Waals surface area contributed by atoms with Gasteiger partial charge in [-0.15, -0.1) is 0 Å². The van der Waals surface area contributed by atoms with Crippen LogP contribution in [0.3, 0.4) is 0 Å². The van der Waals surface area contributed by atoms with Gasteiger partial charge >= 0.3 is 0 Å². The van der Waals surface area contributed by atoms with Crippen LogP contribution in [0.4, 0.5) is 0 Å². The summed E-state index contributed by atoms with van der Waals surface area (Å²) in [5.74, 6) is 0.704. The SMILES string of the molecule is CCC(CC)(CN)C(=O)N1CC(c2ccccc2)CC1C. The Labute approximate surface area is 128 Å². The topological polar surface area (TPSA) is 46.3 Å². The van der Waals surface area contributed by atoms with Crippen molar-refractivity contribution in [2.24, 2.45) is 11.1 Å². The predicted molar refractivity (Wildman–Crippen MR) is 87.0 cm³/mol. The zero-order valence-corrected chi connectivity index (χ0v) is 13.5. The first-order chi connectivity index (χ1) is 10.1. The second kappa shape index (κ2) is 6.61. The molecule has 0 bridgehead atoms. The Balaban J connectivity index is 2.16. The Morgan fingerprint density at radius 3 is 2.43 bits per heavy atom. The molecule has 1 amide bonds. The highest BCUT2D eigenvalue weighted by molar-refractivity contribution is 5.83. The van der Waals surface area contributed by atoms with E-state index in [9.17, 15) is 4.79 Å². The third kappa shape index (κ3) is 2.98. The predicted octanol–water partition coefficient (Wildman–Crippen LogP) is 3.16. The number of hydrogen-bond donors (Lipinski definition) is 1. The Morgan fingerprint density at radius 1 is 1.29 bits per heavy atom. The first kappa shape index (κ1) is 16.0. The monoisotopic (exact) mass is 288 g/mol. The quantitative estimate of drug-likeness (QED) is 0.904. The van der Waals surface area contributed by atoms with Crippen molar-refractivity contribution in [1.82, 2.24) is 4.90 Å². The summed E-state index contributed by atoms with van der Waals surface area (Å²) in [7, 11) is 0. The number of likely N-dealkylation sites (tertiary alicyclic amines) is 1. The van der Waals surface area contributed by atoms with E-state index in [0.717, 1.165) is 25.8 Å². The molecule has 116 valence electrons. The molecule has 2 atom stereocenters. The van der Waals surface area contributed by atoms with Crippen LogP contribution in [0.25, 0.3) is 0 Å². The first-order valence-electron chi connectivity index (χ1n) is 8.14. The molecule has 3 heteroatoms. The van der Waals surface area contributed by atoms with Gasteiger partial charge in [-0.25, -0.2) is 0 Å². The molecule has 1 heterocycles. The summed E-state index contributed by atoms with van der Waals surface area (Å²) in [6.07, 6.45) is 2.68. The molecule has 0 aliphatic carbocycles. The molecule has 1 aliphatic rings. The molecule has 0 aromatic heterocycles. The van der Waals surface area contributed by atoms with Gasteiger partial charge in [-0.3, -0.25) is 4.79 Å². The number of hydrogen-bond acceptors (Lipinski definition) is 2. The Morgan fingerprint density at radius 2 is 1.90 bits per heavy atom. The van der Waals surface area contributed by atoms with Gasteiger partial charge in [0.2, 0.25) is 5.91 Å². The third-order valence-electron chi connectivity index (χ3n) is 5.30. The summed E-state index contributed by atoms with van der Waals surface area (Å²) in [5, 5.41) is 0. The molecule has 1 aromatic carbocycles. The van der Waals surface area contributed by atoms with Crippen LogP contribution in [-0.4, -0.2) is 29.9 Å². The summed E-state index contributed by atoms with van der Waals surface area (Å²) >= 11 is 0. The second-order valence-corrected chi connectivity index (χ2v) is 6.34. The van der Waals surface area contributed by atoms with Crippen molar-refractivity contribution >= 4 is 5.91 Å². The van der Waals surface area contributed by atoms with Crippen LogP contribution in [0.5, 0.6) is 0 Å². The minimum absolute atomic E-state index is 0.251. The van der Waals surface area contributed by atoms with Gasteiger partial charge in [-0.05, 0) is 31.7 Å². The maximum absolute atomic E-state index is 13.0. The molecule has 2 N–H and O–H groups in total. The zero-order chi connectivity index (χ0) is 15.5. The van der Waals surface area contributed by atoms with Gasteiger partial charge in [0.15, 0.2) is 0 Å². The van der Waals surface area contributed by atoms with Crippen molar-refractivity contribution in [2.75, 3.05) is 13.1 Å². The molecular formula is C18H28N2O. The summed E-state index contributed by atoms with van der Waals surface area (Å²) in [6.45, 7) is 7.57. The lowest BCUT2D eigenvalue weighted by Gasteiger charge is -2.35. The number of nitrogens with zero attached hydrogens (tertiary/aromatic N) is 1. The molecule has 2 unspecified atom stereocenters. The summed E-state index contributed by atoms with van der Waals surface area (Å²) in [6, 6.07) is 10.8. The van der Waals surface area contributed by atoms with Gasteiger partial charge in [0.05, 0.1) is 5.41 Å². The molecule has 1 aromatic rings. The standard InChI is InChI=1S/C18H28N2O/c1-4-18(5-2,13-19)17(21)20-12-16(11-14(20)3)15-9-7-6-8-10-15/h6-10,14,16H,4-5,11-13,19H2,1-3H3. The zero-order valence-electron chi connectivity index (χ0n) is 13.5. The van der Waals surface area contributed by atoms with Gasteiger partial charge < -0.3 is 10.6 Å². The van der Waals surface area contributed by atoms with E-state index in [1.165, 1.54) is 5.56 Å². The number of nitrogens with two attached hydrogens (primary N) is 1. The average Bonchev–Trinajstić information content (AvgIpc) is 2.92. The minimum atomic E-state index is -0.375. The van der Waals surface area contributed by atoms with E-state index >= 15 is 0 Å². The summed E-state index contributed by atoms with van der Waals surface area (Å²) in [4.78, 5) is 15.1. The van der Waals surface area contributed by atoms with E-state index in [2.05, 4.69) is 49.9 Å². The van der Waals surface area contributed by atoms with Crippen LogP contribution in [0.2, 0.25) is 0 Å². The van der Waals surface area contributed by atoms with Gasteiger partial charge in [-0.1, -0.05) is 44.2 Å². The second-order valence-electron chi connectivity index (χ2n) is 6.34. The first-order valence-corrected chi connectivity index (χ1v) is 8.14. The van der Waals surface area contributed by atoms with Gasteiger partial charge in [0.25, 0.3) is 0 Å². The van der Waals surface area contributed by atoms with Gasteiger partial charge in [-0.2, -0.15) is 0 Å². The van der Waals surface area contributed by atoms with Crippen molar-refractivity contribution in [3.05, 3.63) is 35.9 Å². The molecule has 1 aliphatic heterocycles. The van der Waals surface area contributed by atoms with Crippen LogP contribution in [0.1, 0.15) is 51.5 Å². The normalized spacial score (nSPS) is 22.6. The van der Waals surface area contributed by atoms with Crippen molar-refractivity contribution < 1.29 is 4.79 Å². The lowest BCUT2D eigenvalue weighted by Crippen LogP contribution is -2.48. The lowest BCUT2D eigenvalue weighted by atomic mass is 9.81. The largest absolute Gasteiger partial charge is 0.339 e. The van der Waals surface area contributed by atoms with E-state index in [1.54, 1.807) is 0 Å². The molecule has 3 nitrogen and oxygen atoms in total. The lowest BCUT2D eigenvalue weighted by molar-refractivity contribution is -0.142. The van der Waals surface area contributed by atoms with Crippen LogP contribution in [0, 0.1) is 5.41 Å². The molecule has 21 heavy (non-hydrogen) atoms. The van der Waals surface area contributed by atoms with Crippen molar-refractivity contribution in [3.63, 3.8) is 0 Å². The highest BCUT2D eigenvalue weighted by Crippen LogP contribution is 2.36. The molecule has 1 fully saturated rings. The van der Waals surface area contributed by atoms with Crippen LogP contribution in [0.15, 0.2) is 30.3 Å². The number of carbonyl (C=O) groups excluding carboxylic acids is 1. The Bertz CT molecular complexity index is 459. The highest BCUT2D eigenvalue weighted by Gasteiger charge is 2.42. The van der Waals surface area contributed by atoms with Gasteiger partial charge in [0, 0.05) is 25.0 Å². The van der Waals surface area contributed by atoms with E-state index in [0.29, 0.717) is 18.5 Å². The molecular weight excluding hydrogens is 260 g/mol. The Kier molecular flexibility index (Phi) is 5.04. The van der Waals surface area contributed by atoms with Crippen LogP contribution < -0.4 is 5.73 Å². The number of amides is 1. The minimum Gasteiger partial charge on any atom is -0.339 e. The van der Waals surface area contributed by atoms with Crippen LogP contribution >= 0.6 is 0 Å². The van der Waals surface area contributed by atoms with Crippen molar-refractivity contribution in [3.8, 4) is 0 Å². The van der Waals surface area contributed by atoms with E-state index in [1.807, 2.05) is 6.07 Å². The number of benzene rings is 1. The van der Waals surface area contributed by atoms with Crippen molar-refractivity contribution in [2.45, 2.75) is 52.0 Å². The summed E-state index contributed by atoms with van der Waals surface area (Å²) < 4.78 is 0. The number of rotatable bonds is 5. The molecule has 0 spiro atoms. The molecule has 0 radical (unpaired) electrons. The third-order valence-corrected chi connectivity index (χ3v) is 5.30. The fourth-order valence-electron chi connectivity index (χ4n) is 3.51. The molecule has 0 saturated carbocycles. The van der Waals surface area contributed by atoms with E-state index in [4.69, 9.17) is 5.73 Å². The summed E-state index contributed by atoms with van der Waals surface area (Å²) in [5.41, 5.74) is 6.90. The average molecular weight is 288 g/mol. The highest BCUT2D eigenvalue weighted by atomic mass is 16.2. The maximum atomic E-state index is 13.0. The molecule has 1 saturated heterocycles. The van der Waals surface area contributed by atoms with E-state index in [-0.39, 0.29) is 11.3 Å².